The first-order valence-corrected chi connectivity index (χ1v) is 34.8. The number of amides is 1. The van der Waals surface area contributed by atoms with Gasteiger partial charge >= 0.3 is 30.0 Å². The van der Waals surface area contributed by atoms with Gasteiger partial charge in [-0.25, -0.2) is 4.79 Å². The Morgan fingerprint density at radius 3 is 0.798 bits per heavy atom. The fourth-order valence-corrected chi connectivity index (χ4v) is 10.4. The van der Waals surface area contributed by atoms with Crippen molar-refractivity contribution in [2.45, 2.75) is 272 Å². The summed E-state index contributed by atoms with van der Waals surface area (Å²) >= 11 is 0. The number of hydrogen-bond acceptors (Lipinski definition) is 16. The quantitative estimate of drug-likeness (QED) is 0.0295. The maximum Gasteiger partial charge on any atom is 0.407 e. The second-order valence-corrected chi connectivity index (χ2v) is 23.5. The Labute approximate surface area is 513 Å². The summed E-state index contributed by atoms with van der Waals surface area (Å²) in [6.45, 7) is 14.0. The molecule has 0 heterocycles. The second kappa shape index (κ2) is 64.4. The van der Waals surface area contributed by atoms with Crippen LogP contribution in [0.5, 0.6) is 0 Å². The molecule has 84 heavy (non-hydrogen) atoms. The number of nitrogens with one attached hydrogen (secondary N) is 1. The number of ether oxygens (including phenoxy) is 5. The zero-order valence-electron chi connectivity index (χ0n) is 54.8. The molecule has 17 heteroatoms. The van der Waals surface area contributed by atoms with E-state index in [1.165, 1.54) is 154 Å². The van der Waals surface area contributed by atoms with Gasteiger partial charge in [-0.05, 0) is 51.6 Å². The summed E-state index contributed by atoms with van der Waals surface area (Å²) in [5, 5.41) is 22.5. The second-order valence-electron chi connectivity index (χ2n) is 23.5. The highest BCUT2D eigenvalue weighted by Crippen LogP contribution is 2.14. The molecule has 0 atom stereocenters. The zero-order chi connectivity index (χ0) is 61.5. The lowest BCUT2D eigenvalue weighted by Crippen LogP contribution is -2.41. The van der Waals surface area contributed by atoms with Crippen molar-refractivity contribution in [3.8, 4) is 0 Å². The Morgan fingerprint density at radius 2 is 0.524 bits per heavy atom. The maximum atomic E-state index is 13.0. The Balaban J connectivity index is 5.12. The molecule has 0 bridgehead atoms. The molecule has 3 N–H and O–H groups in total. The van der Waals surface area contributed by atoms with Gasteiger partial charge in [-0.3, -0.25) is 38.8 Å². The summed E-state index contributed by atoms with van der Waals surface area (Å²) in [6.07, 6.45) is 42.9. The van der Waals surface area contributed by atoms with Gasteiger partial charge in [0.15, 0.2) is 0 Å². The van der Waals surface area contributed by atoms with Gasteiger partial charge in [0.2, 0.25) is 0 Å². The summed E-state index contributed by atoms with van der Waals surface area (Å²) in [6, 6.07) is 0. The Kier molecular flexibility index (Phi) is 62.0. The summed E-state index contributed by atoms with van der Waals surface area (Å²) in [7, 11) is 0. The van der Waals surface area contributed by atoms with E-state index in [0.29, 0.717) is 91.6 Å². The number of aliphatic hydroxyl groups is 2. The topological polar surface area (TPSA) is 197 Å². The Hall–Kier alpha value is -3.09. The molecular formula is C67H131N5O12. The van der Waals surface area contributed by atoms with Gasteiger partial charge in [0.1, 0.15) is 6.61 Å². The number of esters is 4. The average molecular weight is 1200 g/mol. The van der Waals surface area contributed by atoms with E-state index < -0.39 is 6.09 Å². The van der Waals surface area contributed by atoms with Crippen LogP contribution in [0, 0.1) is 0 Å². The molecule has 0 aliphatic heterocycles. The summed E-state index contributed by atoms with van der Waals surface area (Å²) in [5.41, 5.74) is 0. The van der Waals surface area contributed by atoms with Crippen LogP contribution in [-0.2, 0) is 42.9 Å². The van der Waals surface area contributed by atoms with E-state index in [9.17, 15) is 34.2 Å². The molecule has 0 aromatic carbocycles. The molecule has 0 radical (unpaired) electrons. The standard InChI is InChI=1S/C67H131N5O12/c1-5-9-13-17-21-25-29-33-37-54-80-63(75)59-71(60-64(76)81-55-38-34-30-26-22-18-14-10-6-2)46-41-44-69(49-52-73)48-43-68-67(79)84-58-51-70(50-53-74)45-42-47-72(61-65(77)82-56-39-35-31-27-23-19-15-11-7-3)62-66(78)83-57-40-36-32-28-24-20-16-12-8-4/h73-74H,5-62H2,1-4H3,(H,68,79). The van der Waals surface area contributed by atoms with Crippen molar-refractivity contribution in [1.82, 2.24) is 24.9 Å². The molecule has 496 valence electrons. The van der Waals surface area contributed by atoms with Gasteiger partial charge < -0.3 is 39.2 Å². The van der Waals surface area contributed by atoms with Crippen LogP contribution in [0.1, 0.15) is 272 Å². The van der Waals surface area contributed by atoms with Crippen molar-refractivity contribution < 1.29 is 57.9 Å². The third kappa shape index (κ3) is 58.0. The van der Waals surface area contributed by atoms with E-state index in [2.05, 4.69) is 33.0 Å². The predicted molar refractivity (Wildman–Crippen MR) is 341 cm³/mol. The van der Waals surface area contributed by atoms with E-state index in [1.54, 1.807) is 9.80 Å². The molecule has 0 aliphatic carbocycles. The first kappa shape index (κ1) is 80.9. The molecule has 17 nitrogen and oxygen atoms in total. The van der Waals surface area contributed by atoms with Crippen molar-refractivity contribution in [3.05, 3.63) is 0 Å². The molecule has 0 spiro atoms. The van der Waals surface area contributed by atoms with Gasteiger partial charge in [-0.2, -0.15) is 0 Å². The number of aliphatic hydroxyl groups excluding tert-OH is 2. The number of carbonyl (C=O) groups excluding carboxylic acids is 5. The van der Waals surface area contributed by atoms with Crippen LogP contribution in [-0.4, -0.2) is 191 Å². The molecule has 0 saturated heterocycles. The highest BCUT2D eigenvalue weighted by atomic mass is 16.6. The monoisotopic (exact) mass is 1200 g/mol. The molecule has 0 unspecified atom stereocenters. The lowest BCUT2D eigenvalue weighted by Gasteiger charge is -2.25. The van der Waals surface area contributed by atoms with E-state index in [0.717, 1.165) is 77.0 Å². The summed E-state index contributed by atoms with van der Waals surface area (Å²) < 4.78 is 27.9. The highest BCUT2D eigenvalue weighted by Gasteiger charge is 2.20. The molecule has 0 aromatic heterocycles. The maximum absolute atomic E-state index is 13.0. The van der Waals surface area contributed by atoms with Crippen molar-refractivity contribution in [1.29, 1.82) is 0 Å². The number of carbonyl (C=O) groups is 5. The number of nitrogens with zero attached hydrogens (tertiary/aromatic N) is 4. The minimum absolute atomic E-state index is 0.0158. The molecule has 0 fully saturated rings. The van der Waals surface area contributed by atoms with E-state index in [4.69, 9.17) is 23.7 Å². The SMILES string of the molecule is CCCCCCCCCCCOC(=O)CN(CCCN(CCO)CCNC(=O)OCCN(CCO)CCCN(CC(=O)OCCCCCCCCCCC)CC(=O)OCCCCCCCCCCC)CC(=O)OCCCCCCCCCCC. The third-order valence-electron chi connectivity index (χ3n) is 15.5. The van der Waals surface area contributed by atoms with E-state index in [-0.39, 0.29) is 76.4 Å². The molecule has 0 rings (SSSR count). The minimum atomic E-state index is -0.580. The van der Waals surface area contributed by atoms with Crippen molar-refractivity contribution in [2.24, 2.45) is 0 Å². The molecule has 0 aliphatic rings. The molecule has 1 amide bonds. The lowest BCUT2D eigenvalue weighted by atomic mass is 10.1. The van der Waals surface area contributed by atoms with Gasteiger partial charge in [-0.1, -0.05) is 233 Å². The predicted octanol–water partition coefficient (Wildman–Crippen LogP) is 13.0. The number of rotatable bonds is 66. The number of unbranched alkanes of at least 4 members (excludes halogenated alkanes) is 32. The Morgan fingerprint density at radius 1 is 0.274 bits per heavy atom. The van der Waals surface area contributed by atoms with Crippen molar-refractivity contribution >= 4 is 30.0 Å². The van der Waals surface area contributed by atoms with E-state index in [1.807, 2.05) is 9.80 Å². The molecular weight excluding hydrogens is 1070 g/mol. The van der Waals surface area contributed by atoms with Gasteiger partial charge in [0.25, 0.3) is 0 Å². The van der Waals surface area contributed by atoms with Crippen LogP contribution < -0.4 is 5.32 Å². The third-order valence-corrected chi connectivity index (χ3v) is 15.5. The average Bonchev–Trinajstić information content (AvgIpc) is 3.47. The lowest BCUT2D eigenvalue weighted by molar-refractivity contribution is -0.150. The van der Waals surface area contributed by atoms with Crippen LogP contribution >= 0.6 is 0 Å². The number of hydrogen-bond donors (Lipinski definition) is 3. The zero-order valence-corrected chi connectivity index (χ0v) is 54.8. The van der Waals surface area contributed by atoms with Gasteiger partial charge in [0.05, 0.1) is 65.8 Å². The van der Waals surface area contributed by atoms with Crippen LogP contribution in [0.2, 0.25) is 0 Å². The first-order chi connectivity index (χ1) is 41.1. The highest BCUT2D eigenvalue weighted by molar-refractivity contribution is 5.75. The molecule has 0 saturated carbocycles. The van der Waals surface area contributed by atoms with Gasteiger partial charge in [0, 0.05) is 45.8 Å². The largest absolute Gasteiger partial charge is 0.465 e. The fraction of sp³-hybridized carbons (Fsp3) is 0.925. The van der Waals surface area contributed by atoms with Crippen LogP contribution in [0.25, 0.3) is 0 Å². The van der Waals surface area contributed by atoms with Crippen molar-refractivity contribution in [3.63, 3.8) is 0 Å². The minimum Gasteiger partial charge on any atom is -0.465 e. The normalized spacial score (nSPS) is 11.5. The van der Waals surface area contributed by atoms with Crippen LogP contribution in [0.4, 0.5) is 4.79 Å². The Bertz CT molecular complexity index is 1300. The first-order valence-electron chi connectivity index (χ1n) is 34.8. The van der Waals surface area contributed by atoms with Gasteiger partial charge in [-0.15, -0.1) is 0 Å². The van der Waals surface area contributed by atoms with E-state index >= 15 is 0 Å². The van der Waals surface area contributed by atoms with Crippen LogP contribution in [0.3, 0.4) is 0 Å². The smallest absolute Gasteiger partial charge is 0.407 e. The molecule has 0 aromatic rings. The fourth-order valence-electron chi connectivity index (χ4n) is 10.4. The summed E-state index contributed by atoms with van der Waals surface area (Å²) in [4.78, 5) is 72.4. The summed E-state index contributed by atoms with van der Waals surface area (Å²) in [5.74, 6) is -1.43. The van der Waals surface area contributed by atoms with Crippen LogP contribution in [0.15, 0.2) is 0 Å². The number of alkyl carbamates (subject to hydrolysis) is 1. The van der Waals surface area contributed by atoms with Crippen molar-refractivity contribution in [2.75, 3.05) is 131 Å².